The van der Waals surface area contributed by atoms with Gasteiger partial charge in [0, 0.05) is 32.4 Å². The number of benzene rings is 1. The standard InChI is InChI=1S/C18H28N2/c1-4-17-9-5-6-14-20(17)15-7-8-16-10-12-18(13-11-16)19(2)3/h7-8,10-13,17H,4-6,9,14-15H2,1-3H3/b8-7+/t17-/m1/s1. The Balaban J connectivity index is 1.89. The minimum Gasteiger partial charge on any atom is -0.378 e. The minimum atomic E-state index is 0.796. The van der Waals surface area contributed by atoms with Crippen LogP contribution in [-0.4, -0.2) is 38.1 Å². The van der Waals surface area contributed by atoms with E-state index in [2.05, 4.69) is 67.2 Å². The van der Waals surface area contributed by atoms with Crippen molar-refractivity contribution in [1.29, 1.82) is 0 Å². The molecule has 2 heteroatoms. The normalized spacial score (nSPS) is 20.4. The van der Waals surface area contributed by atoms with Crippen LogP contribution in [-0.2, 0) is 0 Å². The van der Waals surface area contributed by atoms with Crippen LogP contribution in [0.15, 0.2) is 30.3 Å². The summed E-state index contributed by atoms with van der Waals surface area (Å²) in [4.78, 5) is 4.77. The summed E-state index contributed by atoms with van der Waals surface area (Å²) < 4.78 is 0. The van der Waals surface area contributed by atoms with Gasteiger partial charge in [-0.05, 0) is 43.5 Å². The third-order valence-electron chi connectivity index (χ3n) is 4.28. The van der Waals surface area contributed by atoms with E-state index in [9.17, 15) is 0 Å². The Morgan fingerprint density at radius 2 is 1.95 bits per heavy atom. The van der Waals surface area contributed by atoms with Gasteiger partial charge in [0.15, 0.2) is 0 Å². The average molecular weight is 272 g/mol. The third kappa shape index (κ3) is 4.11. The molecule has 0 aromatic heterocycles. The third-order valence-corrected chi connectivity index (χ3v) is 4.28. The number of rotatable bonds is 5. The Morgan fingerprint density at radius 1 is 1.20 bits per heavy atom. The van der Waals surface area contributed by atoms with Gasteiger partial charge in [-0.2, -0.15) is 0 Å². The van der Waals surface area contributed by atoms with Crippen molar-refractivity contribution >= 4 is 11.8 Å². The lowest BCUT2D eigenvalue weighted by Crippen LogP contribution is -2.38. The fraction of sp³-hybridized carbons (Fsp3) is 0.556. The molecule has 1 aliphatic rings. The van der Waals surface area contributed by atoms with Crippen molar-refractivity contribution in [2.24, 2.45) is 0 Å². The molecule has 1 aromatic rings. The largest absolute Gasteiger partial charge is 0.378 e. The molecule has 1 saturated heterocycles. The summed E-state index contributed by atoms with van der Waals surface area (Å²) in [7, 11) is 4.15. The van der Waals surface area contributed by atoms with Crippen LogP contribution in [0.25, 0.3) is 6.08 Å². The molecule has 2 rings (SSSR count). The van der Waals surface area contributed by atoms with E-state index >= 15 is 0 Å². The van der Waals surface area contributed by atoms with E-state index in [4.69, 9.17) is 0 Å². The van der Waals surface area contributed by atoms with Gasteiger partial charge in [-0.15, -0.1) is 0 Å². The van der Waals surface area contributed by atoms with Crippen molar-refractivity contribution in [2.45, 2.75) is 38.6 Å². The van der Waals surface area contributed by atoms with Gasteiger partial charge in [0.05, 0.1) is 0 Å². The number of hydrogen-bond donors (Lipinski definition) is 0. The maximum absolute atomic E-state index is 2.63. The van der Waals surface area contributed by atoms with Crippen molar-refractivity contribution in [3.63, 3.8) is 0 Å². The van der Waals surface area contributed by atoms with Crippen molar-refractivity contribution in [3.8, 4) is 0 Å². The highest BCUT2D eigenvalue weighted by atomic mass is 15.2. The zero-order chi connectivity index (χ0) is 14.4. The SMILES string of the molecule is CC[C@@H]1CCCCN1C/C=C/c1ccc(N(C)C)cc1. The van der Waals surface area contributed by atoms with E-state index in [0.717, 1.165) is 12.6 Å². The molecule has 0 aliphatic carbocycles. The van der Waals surface area contributed by atoms with Crippen molar-refractivity contribution in [3.05, 3.63) is 35.9 Å². The molecule has 0 N–H and O–H groups in total. The molecule has 0 bridgehead atoms. The summed E-state index contributed by atoms with van der Waals surface area (Å²) in [6, 6.07) is 9.54. The highest BCUT2D eigenvalue weighted by Gasteiger charge is 2.18. The van der Waals surface area contributed by atoms with E-state index in [1.807, 2.05) is 0 Å². The van der Waals surface area contributed by atoms with Crippen LogP contribution in [0.5, 0.6) is 0 Å². The van der Waals surface area contributed by atoms with E-state index in [1.54, 1.807) is 0 Å². The molecule has 20 heavy (non-hydrogen) atoms. The van der Waals surface area contributed by atoms with Gasteiger partial charge >= 0.3 is 0 Å². The Morgan fingerprint density at radius 3 is 2.60 bits per heavy atom. The van der Waals surface area contributed by atoms with Gasteiger partial charge < -0.3 is 4.90 Å². The minimum absolute atomic E-state index is 0.796. The molecule has 0 spiro atoms. The first-order chi connectivity index (χ1) is 9.70. The Kier molecular flexibility index (Phi) is 5.66. The lowest BCUT2D eigenvalue weighted by Gasteiger charge is -2.34. The molecule has 0 saturated carbocycles. The van der Waals surface area contributed by atoms with Crippen molar-refractivity contribution in [1.82, 2.24) is 4.90 Å². The summed E-state index contributed by atoms with van der Waals surface area (Å²) >= 11 is 0. The van der Waals surface area contributed by atoms with Gasteiger partial charge in [-0.1, -0.05) is 37.6 Å². The van der Waals surface area contributed by atoms with Gasteiger partial charge in [0.1, 0.15) is 0 Å². The number of piperidine rings is 1. The van der Waals surface area contributed by atoms with Crippen LogP contribution < -0.4 is 4.90 Å². The number of likely N-dealkylation sites (tertiary alicyclic amines) is 1. The summed E-state index contributed by atoms with van der Waals surface area (Å²) in [5, 5.41) is 0. The first kappa shape index (κ1) is 15.1. The predicted molar refractivity (Wildman–Crippen MR) is 89.3 cm³/mol. The van der Waals surface area contributed by atoms with Crippen LogP contribution in [0.1, 0.15) is 38.2 Å². The van der Waals surface area contributed by atoms with E-state index < -0.39 is 0 Å². The molecular formula is C18H28N2. The molecular weight excluding hydrogens is 244 g/mol. The molecule has 0 amide bonds. The first-order valence-electron chi connectivity index (χ1n) is 7.88. The van der Waals surface area contributed by atoms with Crippen LogP contribution in [0.3, 0.4) is 0 Å². The van der Waals surface area contributed by atoms with Crippen LogP contribution in [0.4, 0.5) is 5.69 Å². The molecule has 1 atom stereocenters. The highest BCUT2D eigenvalue weighted by Crippen LogP contribution is 2.19. The quantitative estimate of drug-likeness (QED) is 0.798. The second-order valence-electron chi connectivity index (χ2n) is 5.94. The molecule has 1 heterocycles. The van der Waals surface area contributed by atoms with E-state index in [-0.39, 0.29) is 0 Å². The maximum Gasteiger partial charge on any atom is 0.0361 e. The summed E-state index contributed by atoms with van der Waals surface area (Å²) in [6.45, 7) is 4.67. The maximum atomic E-state index is 2.63. The Hall–Kier alpha value is -1.28. The van der Waals surface area contributed by atoms with Crippen LogP contribution in [0.2, 0.25) is 0 Å². The van der Waals surface area contributed by atoms with Gasteiger partial charge in [0.25, 0.3) is 0 Å². The Labute approximate surface area is 124 Å². The average Bonchev–Trinajstić information content (AvgIpc) is 2.48. The van der Waals surface area contributed by atoms with Gasteiger partial charge in [-0.25, -0.2) is 0 Å². The Bertz CT molecular complexity index is 420. The molecule has 0 radical (unpaired) electrons. The van der Waals surface area contributed by atoms with Crippen molar-refractivity contribution < 1.29 is 0 Å². The monoisotopic (exact) mass is 272 g/mol. The van der Waals surface area contributed by atoms with E-state index in [1.165, 1.54) is 43.5 Å². The smallest absolute Gasteiger partial charge is 0.0361 e. The fourth-order valence-electron chi connectivity index (χ4n) is 2.97. The lowest BCUT2D eigenvalue weighted by molar-refractivity contribution is 0.161. The lowest BCUT2D eigenvalue weighted by atomic mass is 10.00. The fourth-order valence-corrected chi connectivity index (χ4v) is 2.97. The van der Waals surface area contributed by atoms with Gasteiger partial charge in [0.2, 0.25) is 0 Å². The summed E-state index contributed by atoms with van der Waals surface area (Å²) in [6.07, 6.45) is 10.00. The summed E-state index contributed by atoms with van der Waals surface area (Å²) in [5.41, 5.74) is 2.55. The summed E-state index contributed by atoms with van der Waals surface area (Å²) in [5.74, 6) is 0. The first-order valence-corrected chi connectivity index (χ1v) is 7.88. The molecule has 1 aromatic carbocycles. The second-order valence-corrected chi connectivity index (χ2v) is 5.94. The topological polar surface area (TPSA) is 6.48 Å². The van der Waals surface area contributed by atoms with Crippen LogP contribution in [0, 0.1) is 0 Å². The van der Waals surface area contributed by atoms with Gasteiger partial charge in [-0.3, -0.25) is 4.90 Å². The number of nitrogens with zero attached hydrogens (tertiary/aromatic N) is 2. The predicted octanol–water partition coefficient (Wildman–Crippen LogP) is 4.03. The molecule has 2 nitrogen and oxygen atoms in total. The number of hydrogen-bond acceptors (Lipinski definition) is 2. The zero-order valence-electron chi connectivity index (χ0n) is 13.2. The zero-order valence-corrected chi connectivity index (χ0v) is 13.2. The van der Waals surface area contributed by atoms with Crippen molar-refractivity contribution in [2.75, 3.05) is 32.1 Å². The molecule has 0 unspecified atom stereocenters. The molecule has 1 aliphatic heterocycles. The van der Waals surface area contributed by atoms with E-state index in [0.29, 0.717) is 0 Å². The second kappa shape index (κ2) is 7.49. The molecule has 1 fully saturated rings. The number of anilines is 1. The van der Waals surface area contributed by atoms with Crippen LogP contribution >= 0.6 is 0 Å². The highest BCUT2D eigenvalue weighted by molar-refractivity contribution is 5.55. The molecule has 110 valence electrons.